The standard InChI is InChI=1S/C24H20ClN3O2/c1-15-12-18-13-17(7-8-22(18)30-15)24(29)28-11-3-6-21(28)20-9-10-26-23(27-20)16-4-2-5-19(25)14-16/h2,4-5,7-10,12-14,21H,3,6,11H2,1H3. The zero-order chi connectivity index (χ0) is 20.7. The minimum atomic E-state index is -0.0692. The summed E-state index contributed by atoms with van der Waals surface area (Å²) in [4.78, 5) is 24.4. The summed E-state index contributed by atoms with van der Waals surface area (Å²) < 4.78 is 5.63. The van der Waals surface area contributed by atoms with E-state index in [1.54, 1.807) is 6.20 Å². The molecule has 2 aromatic carbocycles. The van der Waals surface area contributed by atoms with Crippen molar-refractivity contribution in [2.24, 2.45) is 0 Å². The van der Waals surface area contributed by atoms with Gasteiger partial charge in [0.1, 0.15) is 11.3 Å². The Labute approximate surface area is 179 Å². The van der Waals surface area contributed by atoms with Crippen molar-refractivity contribution in [1.82, 2.24) is 14.9 Å². The molecule has 2 aromatic heterocycles. The average molecular weight is 418 g/mol. The molecule has 3 heterocycles. The lowest BCUT2D eigenvalue weighted by Crippen LogP contribution is -2.31. The molecule has 1 amide bonds. The van der Waals surface area contributed by atoms with Crippen LogP contribution in [0.4, 0.5) is 0 Å². The van der Waals surface area contributed by atoms with Crippen LogP contribution in [0.1, 0.15) is 40.7 Å². The van der Waals surface area contributed by atoms with Crippen LogP contribution in [0.3, 0.4) is 0 Å². The van der Waals surface area contributed by atoms with Gasteiger partial charge in [-0.2, -0.15) is 0 Å². The van der Waals surface area contributed by atoms with E-state index < -0.39 is 0 Å². The van der Waals surface area contributed by atoms with E-state index in [-0.39, 0.29) is 11.9 Å². The van der Waals surface area contributed by atoms with Gasteiger partial charge in [0.25, 0.3) is 5.91 Å². The quantitative estimate of drug-likeness (QED) is 0.421. The molecule has 0 radical (unpaired) electrons. The third-order valence-electron chi connectivity index (χ3n) is 5.50. The van der Waals surface area contributed by atoms with Gasteiger partial charge in [0.2, 0.25) is 0 Å². The van der Waals surface area contributed by atoms with Crippen molar-refractivity contribution in [2.45, 2.75) is 25.8 Å². The van der Waals surface area contributed by atoms with E-state index in [2.05, 4.69) is 4.98 Å². The summed E-state index contributed by atoms with van der Waals surface area (Å²) in [6.07, 6.45) is 3.57. The van der Waals surface area contributed by atoms with E-state index in [0.717, 1.165) is 40.8 Å². The van der Waals surface area contributed by atoms with Gasteiger partial charge in [0.15, 0.2) is 5.82 Å². The van der Waals surface area contributed by atoms with Crippen LogP contribution >= 0.6 is 11.6 Å². The van der Waals surface area contributed by atoms with Gasteiger partial charge in [0.05, 0.1) is 11.7 Å². The third-order valence-corrected chi connectivity index (χ3v) is 5.74. The Morgan fingerprint density at radius 2 is 2.07 bits per heavy atom. The summed E-state index contributed by atoms with van der Waals surface area (Å²) in [5.41, 5.74) is 3.18. The molecule has 5 nitrogen and oxygen atoms in total. The molecule has 1 atom stereocenters. The van der Waals surface area contributed by atoms with Crippen molar-refractivity contribution < 1.29 is 9.21 Å². The first-order valence-electron chi connectivity index (χ1n) is 9.98. The Morgan fingerprint density at radius 1 is 1.17 bits per heavy atom. The molecule has 0 aliphatic carbocycles. The Morgan fingerprint density at radius 3 is 2.93 bits per heavy atom. The van der Waals surface area contributed by atoms with Gasteiger partial charge < -0.3 is 9.32 Å². The molecule has 5 rings (SSSR count). The first-order valence-corrected chi connectivity index (χ1v) is 10.4. The highest BCUT2D eigenvalue weighted by Crippen LogP contribution is 2.33. The third kappa shape index (κ3) is 3.46. The van der Waals surface area contributed by atoms with Crippen molar-refractivity contribution in [1.29, 1.82) is 0 Å². The molecule has 0 N–H and O–H groups in total. The van der Waals surface area contributed by atoms with Gasteiger partial charge in [-0.15, -0.1) is 0 Å². The number of fused-ring (bicyclic) bond motifs is 1. The highest BCUT2D eigenvalue weighted by atomic mass is 35.5. The number of aryl methyl sites for hydroxylation is 1. The fourth-order valence-electron chi connectivity index (χ4n) is 4.12. The lowest BCUT2D eigenvalue weighted by atomic mass is 10.1. The molecule has 1 saturated heterocycles. The molecule has 0 spiro atoms. The van der Waals surface area contributed by atoms with Crippen LogP contribution in [0.5, 0.6) is 0 Å². The number of hydrogen-bond donors (Lipinski definition) is 0. The van der Waals surface area contributed by atoms with Crippen LogP contribution < -0.4 is 0 Å². The molecule has 1 unspecified atom stereocenters. The number of rotatable bonds is 3. The molecule has 30 heavy (non-hydrogen) atoms. The number of nitrogens with zero attached hydrogens (tertiary/aromatic N) is 3. The van der Waals surface area contributed by atoms with Gasteiger partial charge in [-0.25, -0.2) is 9.97 Å². The Balaban J connectivity index is 1.46. The fourth-order valence-corrected chi connectivity index (χ4v) is 4.31. The van der Waals surface area contributed by atoms with Crippen LogP contribution in [0.15, 0.2) is 65.2 Å². The SMILES string of the molecule is Cc1cc2cc(C(=O)N3CCCC3c3ccnc(-c4cccc(Cl)c4)n3)ccc2o1. The van der Waals surface area contributed by atoms with Crippen LogP contribution in [0.2, 0.25) is 5.02 Å². The number of benzene rings is 2. The monoisotopic (exact) mass is 417 g/mol. The highest BCUT2D eigenvalue weighted by Gasteiger charge is 2.32. The summed E-state index contributed by atoms with van der Waals surface area (Å²) in [7, 11) is 0. The normalized spacial score (nSPS) is 16.3. The summed E-state index contributed by atoms with van der Waals surface area (Å²) in [5, 5.41) is 1.59. The Kier molecular flexibility index (Phi) is 4.75. The van der Waals surface area contributed by atoms with E-state index in [4.69, 9.17) is 21.0 Å². The smallest absolute Gasteiger partial charge is 0.254 e. The van der Waals surface area contributed by atoms with Gasteiger partial charge in [-0.1, -0.05) is 23.7 Å². The maximum absolute atomic E-state index is 13.3. The fraction of sp³-hybridized carbons (Fsp3) is 0.208. The van der Waals surface area contributed by atoms with E-state index in [9.17, 15) is 4.79 Å². The lowest BCUT2D eigenvalue weighted by Gasteiger charge is -2.24. The molecular formula is C24H20ClN3O2. The molecular weight excluding hydrogens is 398 g/mol. The van der Waals surface area contributed by atoms with Crippen LogP contribution in [0.25, 0.3) is 22.4 Å². The van der Waals surface area contributed by atoms with Crippen molar-refractivity contribution >= 4 is 28.5 Å². The second kappa shape index (κ2) is 7.58. The summed E-state index contributed by atoms with van der Waals surface area (Å²) >= 11 is 6.12. The molecule has 4 aromatic rings. The van der Waals surface area contributed by atoms with Crippen molar-refractivity contribution in [2.75, 3.05) is 6.54 Å². The summed E-state index contributed by atoms with van der Waals surface area (Å²) in [5.74, 6) is 1.47. The first-order chi connectivity index (χ1) is 14.6. The van der Waals surface area contributed by atoms with Crippen LogP contribution in [0, 0.1) is 6.92 Å². The molecule has 1 aliphatic heterocycles. The molecule has 0 saturated carbocycles. The number of carbonyl (C=O) groups is 1. The first kappa shape index (κ1) is 18.8. The number of amides is 1. The second-order valence-corrected chi connectivity index (χ2v) is 8.02. The summed E-state index contributed by atoms with van der Waals surface area (Å²) in [6, 6.07) is 16.9. The number of halogens is 1. The molecule has 1 fully saturated rings. The summed E-state index contributed by atoms with van der Waals surface area (Å²) in [6.45, 7) is 2.62. The topological polar surface area (TPSA) is 59.2 Å². The Hall–Kier alpha value is -3.18. The average Bonchev–Trinajstić information content (AvgIpc) is 3.38. The van der Waals surface area contributed by atoms with E-state index >= 15 is 0 Å². The van der Waals surface area contributed by atoms with E-state index in [1.165, 1.54) is 0 Å². The minimum absolute atomic E-state index is 0.0150. The van der Waals surface area contributed by atoms with Crippen molar-refractivity contribution in [3.8, 4) is 11.4 Å². The van der Waals surface area contributed by atoms with Gasteiger partial charge >= 0.3 is 0 Å². The second-order valence-electron chi connectivity index (χ2n) is 7.58. The molecule has 150 valence electrons. The van der Waals surface area contributed by atoms with E-state index in [1.807, 2.05) is 66.4 Å². The maximum Gasteiger partial charge on any atom is 0.254 e. The predicted octanol–water partition coefficient (Wildman–Crippen LogP) is 5.83. The van der Waals surface area contributed by atoms with Crippen molar-refractivity contribution in [3.05, 3.63) is 82.8 Å². The number of furan rings is 1. The predicted molar refractivity (Wildman–Crippen MR) is 116 cm³/mol. The lowest BCUT2D eigenvalue weighted by molar-refractivity contribution is 0.0733. The number of aromatic nitrogens is 2. The van der Waals surface area contributed by atoms with Gasteiger partial charge in [-0.3, -0.25) is 4.79 Å². The molecule has 6 heteroatoms. The zero-order valence-electron chi connectivity index (χ0n) is 16.5. The maximum atomic E-state index is 13.3. The number of hydrogen-bond acceptors (Lipinski definition) is 4. The van der Waals surface area contributed by atoms with Gasteiger partial charge in [-0.05, 0) is 62.2 Å². The van der Waals surface area contributed by atoms with E-state index in [0.29, 0.717) is 23.0 Å². The minimum Gasteiger partial charge on any atom is -0.461 e. The van der Waals surface area contributed by atoms with Gasteiger partial charge in [0, 0.05) is 34.3 Å². The number of carbonyl (C=O) groups excluding carboxylic acids is 1. The molecule has 1 aliphatic rings. The van der Waals surface area contributed by atoms with Crippen LogP contribution in [-0.2, 0) is 0 Å². The Bertz CT molecular complexity index is 1250. The largest absolute Gasteiger partial charge is 0.461 e. The molecule has 0 bridgehead atoms. The zero-order valence-corrected chi connectivity index (χ0v) is 17.3. The highest BCUT2D eigenvalue weighted by molar-refractivity contribution is 6.30. The number of likely N-dealkylation sites (tertiary alicyclic amines) is 1. The van der Waals surface area contributed by atoms with Crippen LogP contribution in [-0.4, -0.2) is 27.3 Å². The van der Waals surface area contributed by atoms with Crippen molar-refractivity contribution in [3.63, 3.8) is 0 Å².